The third-order valence-corrected chi connectivity index (χ3v) is 1.73. The van der Waals surface area contributed by atoms with E-state index in [9.17, 15) is 18.0 Å². The second-order valence-electron chi connectivity index (χ2n) is 3.11. The van der Waals surface area contributed by atoms with Gasteiger partial charge in [0.25, 0.3) is 0 Å². The summed E-state index contributed by atoms with van der Waals surface area (Å²) in [6, 6.07) is -2.36. The predicted octanol–water partition coefficient (Wildman–Crippen LogP) is 1.23. The fraction of sp³-hybridized carbons (Fsp3) is 0.889. The molecule has 0 aromatic rings. The topological polar surface area (TPSA) is 61.5 Å². The van der Waals surface area contributed by atoms with Crippen molar-refractivity contribution in [2.45, 2.75) is 38.6 Å². The summed E-state index contributed by atoms with van der Waals surface area (Å²) >= 11 is 0. The molecule has 0 bridgehead atoms. The van der Waals surface area contributed by atoms with Gasteiger partial charge in [-0.3, -0.25) is 0 Å². The van der Waals surface area contributed by atoms with Gasteiger partial charge in [0.05, 0.1) is 6.61 Å². The van der Waals surface area contributed by atoms with E-state index in [2.05, 4.69) is 9.47 Å². The molecular formula is C9H16F3NO3. The van der Waals surface area contributed by atoms with Gasteiger partial charge >= 0.3 is 12.1 Å². The first-order chi connectivity index (χ1) is 7.34. The van der Waals surface area contributed by atoms with Crippen LogP contribution in [0.25, 0.3) is 0 Å². The number of carbonyl (C=O) groups is 1. The summed E-state index contributed by atoms with van der Waals surface area (Å²) in [5.41, 5.74) is 4.90. The second kappa shape index (κ2) is 6.70. The Morgan fingerprint density at radius 2 is 1.94 bits per heavy atom. The predicted molar refractivity (Wildman–Crippen MR) is 50.7 cm³/mol. The minimum atomic E-state index is -4.69. The molecule has 0 amide bonds. The molecule has 2 N–H and O–H groups in total. The van der Waals surface area contributed by atoms with E-state index in [0.717, 1.165) is 0 Å². The number of hydrogen-bond acceptors (Lipinski definition) is 4. The van der Waals surface area contributed by atoms with Gasteiger partial charge in [0, 0.05) is 6.61 Å². The Labute approximate surface area is 91.9 Å². The van der Waals surface area contributed by atoms with Crippen LogP contribution >= 0.6 is 0 Å². The van der Waals surface area contributed by atoms with E-state index in [1.54, 1.807) is 6.92 Å². The Bertz CT molecular complexity index is 221. The summed E-state index contributed by atoms with van der Waals surface area (Å²) in [4.78, 5) is 11.3. The average Bonchev–Trinajstić information content (AvgIpc) is 2.20. The lowest BCUT2D eigenvalue weighted by atomic mass is 10.1. The monoisotopic (exact) mass is 243 g/mol. The van der Waals surface area contributed by atoms with E-state index in [1.807, 2.05) is 0 Å². The van der Waals surface area contributed by atoms with Gasteiger partial charge < -0.3 is 15.2 Å². The SMILES string of the molecule is CCCOC(=O)[C@H](OCC)[C@@H](N)C(F)(F)F. The normalized spacial score (nSPS) is 15.6. The Morgan fingerprint density at radius 3 is 2.31 bits per heavy atom. The molecule has 0 saturated carbocycles. The van der Waals surface area contributed by atoms with Crippen molar-refractivity contribution < 1.29 is 27.4 Å². The minimum absolute atomic E-state index is 0.0460. The maximum absolute atomic E-state index is 12.3. The molecule has 0 radical (unpaired) electrons. The first-order valence-electron chi connectivity index (χ1n) is 4.95. The van der Waals surface area contributed by atoms with Crippen molar-refractivity contribution in [2.75, 3.05) is 13.2 Å². The first-order valence-corrected chi connectivity index (χ1v) is 4.95. The van der Waals surface area contributed by atoms with Crippen LogP contribution in [0.1, 0.15) is 20.3 Å². The number of ether oxygens (including phenoxy) is 2. The Balaban J connectivity index is 4.53. The maximum atomic E-state index is 12.3. The lowest BCUT2D eigenvalue weighted by Gasteiger charge is -2.23. The highest BCUT2D eigenvalue weighted by molar-refractivity contribution is 5.75. The van der Waals surface area contributed by atoms with Gasteiger partial charge in [0.1, 0.15) is 6.04 Å². The summed E-state index contributed by atoms with van der Waals surface area (Å²) in [5, 5.41) is 0. The molecular weight excluding hydrogens is 227 g/mol. The van der Waals surface area contributed by atoms with E-state index >= 15 is 0 Å². The lowest BCUT2D eigenvalue weighted by Crippen LogP contribution is -2.52. The van der Waals surface area contributed by atoms with Crippen LogP contribution in [0.3, 0.4) is 0 Å². The van der Waals surface area contributed by atoms with Crippen molar-refractivity contribution in [3.8, 4) is 0 Å². The van der Waals surface area contributed by atoms with Crippen LogP contribution < -0.4 is 5.73 Å². The highest BCUT2D eigenvalue weighted by Gasteiger charge is 2.46. The van der Waals surface area contributed by atoms with Gasteiger partial charge in [-0.15, -0.1) is 0 Å². The molecule has 0 spiro atoms. The molecule has 7 heteroatoms. The molecule has 96 valence electrons. The highest BCUT2D eigenvalue weighted by atomic mass is 19.4. The summed E-state index contributed by atoms with van der Waals surface area (Å²) in [5.74, 6) is -1.08. The number of nitrogens with two attached hydrogens (primary N) is 1. The molecule has 0 fully saturated rings. The van der Waals surface area contributed by atoms with Gasteiger partial charge in [0.2, 0.25) is 0 Å². The first kappa shape index (κ1) is 15.2. The smallest absolute Gasteiger partial charge is 0.406 e. The third kappa shape index (κ3) is 4.80. The van der Waals surface area contributed by atoms with Crippen molar-refractivity contribution in [2.24, 2.45) is 5.73 Å². The van der Waals surface area contributed by atoms with E-state index in [1.165, 1.54) is 6.92 Å². The highest BCUT2D eigenvalue weighted by Crippen LogP contribution is 2.22. The van der Waals surface area contributed by atoms with Crippen LogP contribution in [-0.4, -0.2) is 37.5 Å². The molecule has 2 atom stereocenters. The van der Waals surface area contributed by atoms with Crippen LogP contribution in [-0.2, 0) is 14.3 Å². The summed E-state index contributed by atoms with van der Waals surface area (Å²) in [6.45, 7) is 3.21. The van der Waals surface area contributed by atoms with E-state index in [4.69, 9.17) is 5.73 Å². The number of esters is 1. The van der Waals surface area contributed by atoms with Crippen LogP contribution in [0, 0.1) is 0 Å². The molecule has 0 saturated heterocycles. The largest absolute Gasteiger partial charge is 0.464 e. The van der Waals surface area contributed by atoms with Gasteiger partial charge in [-0.2, -0.15) is 13.2 Å². The van der Waals surface area contributed by atoms with Gasteiger partial charge in [-0.25, -0.2) is 4.79 Å². The zero-order valence-electron chi connectivity index (χ0n) is 9.21. The third-order valence-electron chi connectivity index (χ3n) is 1.73. The van der Waals surface area contributed by atoms with Crippen molar-refractivity contribution >= 4 is 5.97 Å². The molecule has 16 heavy (non-hydrogen) atoms. The van der Waals surface area contributed by atoms with E-state index < -0.39 is 24.3 Å². The number of rotatable bonds is 6. The quantitative estimate of drug-likeness (QED) is 0.713. The van der Waals surface area contributed by atoms with Crippen molar-refractivity contribution in [1.29, 1.82) is 0 Å². The number of alkyl halides is 3. The number of carbonyl (C=O) groups excluding carboxylic acids is 1. The summed E-state index contributed by atoms with van der Waals surface area (Å²) in [7, 11) is 0. The molecule has 0 rings (SSSR count). The molecule has 0 aliphatic carbocycles. The fourth-order valence-corrected chi connectivity index (χ4v) is 0.954. The maximum Gasteiger partial charge on any atom is 0.406 e. The Hall–Kier alpha value is -0.820. The van der Waals surface area contributed by atoms with Gasteiger partial charge in [0.15, 0.2) is 6.10 Å². The molecule has 0 heterocycles. The fourth-order valence-electron chi connectivity index (χ4n) is 0.954. The van der Waals surface area contributed by atoms with Crippen molar-refractivity contribution in [3.05, 3.63) is 0 Å². The minimum Gasteiger partial charge on any atom is -0.464 e. The molecule has 0 aliphatic rings. The zero-order chi connectivity index (χ0) is 12.8. The van der Waals surface area contributed by atoms with Crippen LogP contribution in [0.4, 0.5) is 13.2 Å². The Morgan fingerprint density at radius 1 is 1.38 bits per heavy atom. The zero-order valence-corrected chi connectivity index (χ0v) is 9.21. The summed E-state index contributed by atoms with van der Waals surface area (Å²) < 4.78 is 46.1. The number of hydrogen-bond donors (Lipinski definition) is 1. The molecule has 0 unspecified atom stereocenters. The number of halogens is 3. The van der Waals surface area contributed by atoms with E-state index in [-0.39, 0.29) is 13.2 Å². The molecule has 0 aliphatic heterocycles. The summed E-state index contributed by atoms with van der Waals surface area (Å²) in [6.07, 6.45) is -5.96. The van der Waals surface area contributed by atoms with E-state index in [0.29, 0.717) is 6.42 Å². The average molecular weight is 243 g/mol. The van der Waals surface area contributed by atoms with Crippen LogP contribution in [0.5, 0.6) is 0 Å². The molecule has 0 aromatic heterocycles. The molecule has 4 nitrogen and oxygen atoms in total. The standard InChI is InChI=1S/C9H16F3NO3/c1-3-5-16-8(14)6(15-4-2)7(13)9(10,11)12/h6-7H,3-5,13H2,1-2H3/t6-,7-/m1/s1. The molecule has 0 aromatic carbocycles. The van der Waals surface area contributed by atoms with Crippen LogP contribution in [0.2, 0.25) is 0 Å². The second-order valence-corrected chi connectivity index (χ2v) is 3.11. The lowest BCUT2D eigenvalue weighted by molar-refractivity contribution is -0.192. The Kier molecular flexibility index (Phi) is 6.35. The van der Waals surface area contributed by atoms with Crippen molar-refractivity contribution in [1.82, 2.24) is 0 Å². The van der Waals surface area contributed by atoms with Crippen molar-refractivity contribution in [3.63, 3.8) is 0 Å². The van der Waals surface area contributed by atoms with Gasteiger partial charge in [-0.05, 0) is 13.3 Å². The van der Waals surface area contributed by atoms with Crippen LogP contribution in [0.15, 0.2) is 0 Å². The van der Waals surface area contributed by atoms with Gasteiger partial charge in [-0.1, -0.05) is 6.92 Å².